The Morgan fingerprint density at radius 2 is 1.10 bits per heavy atom. The Labute approximate surface area is 319 Å². The number of nitrogens with zero attached hydrogens (tertiary/aromatic N) is 1. The largest absolute Gasteiger partial charge is 0.756 e. The van der Waals surface area contributed by atoms with Gasteiger partial charge in [0.2, 0.25) is 0 Å². The van der Waals surface area contributed by atoms with Crippen LogP contribution < -0.4 is 4.89 Å². The highest BCUT2D eigenvalue weighted by Gasteiger charge is 2.21. The van der Waals surface area contributed by atoms with Crippen molar-refractivity contribution >= 4 is 19.8 Å². The Hall–Kier alpha value is -1.77. The molecule has 2 unspecified atom stereocenters. The molecule has 0 aromatic heterocycles. The zero-order valence-electron chi connectivity index (χ0n) is 34.0. The number of allylic oxidation sites excluding steroid dienone is 6. The molecule has 0 aromatic rings. The predicted molar refractivity (Wildman–Crippen MR) is 213 cm³/mol. The first-order valence-corrected chi connectivity index (χ1v) is 22.2. The molecule has 52 heavy (non-hydrogen) atoms. The number of rotatable bonds is 37. The van der Waals surface area contributed by atoms with E-state index in [4.69, 9.17) is 18.5 Å². The van der Waals surface area contributed by atoms with Crippen LogP contribution in [0.3, 0.4) is 0 Å². The summed E-state index contributed by atoms with van der Waals surface area (Å²) in [6.45, 7) is 4.07. The zero-order valence-corrected chi connectivity index (χ0v) is 34.9. The molecule has 9 nitrogen and oxygen atoms in total. The van der Waals surface area contributed by atoms with Crippen molar-refractivity contribution in [2.24, 2.45) is 0 Å². The summed E-state index contributed by atoms with van der Waals surface area (Å²) in [5, 5.41) is 0. The molecular formula is C42H78NO8P. The van der Waals surface area contributed by atoms with Gasteiger partial charge in [0.25, 0.3) is 7.82 Å². The fourth-order valence-electron chi connectivity index (χ4n) is 5.43. The number of carbonyl (C=O) groups is 2. The van der Waals surface area contributed by atoms with Crippen LogP contribution in [0.4, 0.5) is 0 Å². The predicted octanol–water partition coefficient (Wildman–Crippen LogP) is 10.7. The quantitative estimate of drug-likeness (QED) is 0.0203. The Balaban J connectivity index is 4.41. The summed E-state index contributed by atoms with van der Waals surface area (Å²) >= 11 is 0. The molecule has 0 aliphatic rings. The molecule has 0 bridgehead atoms. The molecule has 0 radical (unpaired) electrons. The first-order valence-electron chi connectivity index (χ1n) is 20.7. The number of phosphoric ester groups is 1. The number of esters is 2. The molecular weight excluding hydrogens is 677 g/mol. The third kappa shape index (κ3) is 38.0. The maximum absolute atomic E-state index is 12.6. The number of hydrogen-bond donors (Lipinski definition) is 0. The molecule has 0 N–H and O–H groups in total. The van der Waals surface area contributed by atoms with Crippen molar-refractivity contribution in [3.05, 3.63) is 36.5 Å². The van der Waals surface area contributed by atoms with E-state index < -0.39 is 32.5 Å². The summed E-state index contributed by atoms with van der Waals surface area (Å²) in [4.78, 5) is 37.4. The summed E-state index contributed by atoms with van der Waals surface area (Å²) in [5.74, 6) is -0.867. The molecule has 0 rings (SSSR count). The summed E-state index contributed by atoms with van der Waals surface area (Å²) in [7, 11) is 1.14. The normalized spacial score (nSPS) is 14.0. The van der Waals surface area contributed by atoms with Crippen molar-refractivity contribution in [2.75, 3.05) is 47.5 Å². The van der Waals surface area contributed by atoms with Crippen molar-refractivity contribution in [3.8, 4) is 0 Å². The summed E-state index contributed by atoms with van der Waals surface area (Å²) in [6.07, 6.45) is 37.4. The first-order chi connectivity index (χ1) is 25.0. The van der Waals surface area contributed by atoms with E-state index >= 15 is 0 Å². The maximum Gasteiger partial charge on any atom is 0.306 e. The van der Waals surface area contributed by atoms with Crippen LogP contribution in [0.1, 0.15) is 168 Å². The lowest BCUT2D eigenvalue weighted by atomic mass is 10.0. The molecule has 0 saturated heterocycles. The Bertz CT molecular complexity index is 991. The first kappa shape index (κ1) is 50.2. The Morgan fingerprint density at radius 1 is 0.615 bits per heavy atom. The van der Waals surface area contributed by atoms with Gasteiger partial charge < -0.3 is 27.9 Å². The average molecular weight is 756 g/mol. The highest BCUT2D eigenvalue weighted by Crippen LogP contribution is 2.38. The molecule has 304 valence electrons. The van der Waals surface area contributed by atoms with Crippen LogP contribution in [0.5, 0.6) is 0 Å². The molecule has 2 atom stereocenters. The van der Waals surface area contributed by atoms with Gasteiger partial charge in [-0.3, -0.25) is 14.2 Å². The minimum absolute atomic E-state index is 0.0362. The van der Waals surface area contributed by atoms with E-state index in [0.29, 0.717) is 17.4 Å². The minimum Gasteiger partial charge on any atom is -0.756 e. The van der Waals surface area contributed by atoms with E-state index in [1.54, 1.807) is 0 Å². The third-order valence-electron chi connectivity index (χ3n) is 8.67. The molecule has 0 aromatic carbocycles. The van der Waals surface area contributed by atoms with E-state index in [9.17, 15) is 19.0 Å². The minimum atomic E-state index is -4.63. The van der Waals surface area contributed by atoms with Gasteiger partial charge in [-0.2, -0.15) is 0 Å². The van der Waals surface area contributed by atoms with Gasteiger partial charge in [0.05, 0.1) is 27.7 Å². The smallest absolute Gasteiger partial charge is 0.306 e. The lowest BCUT2D eigenvalue weighted by molar-refractivity contribution is -0.870. The number of hydrogen-bond acceptors (Lipinski definition) is 8. The number of unbranched alkanes of at least 4 members (excludes halogenated alkanes) is 17. The number of phosphoric acid groups is 1. The monoisotopic (exact) mass is 756 g/mol. The van der Waals surface area contributed by atoms with Crippen LogP contribution in [0.2, 0.25) is 0 Å². The van der Waals surface area contributed by atoms with Gasteiger partial charge in [-0.25, -0.2) is 0 Å². The van der Waals surface area contributed by atoms with Crippen molar-refractivity contribution in [1.29, 1.82) is 0 Å². The van der Waals surface area contributed by atoms with E-state index in [1.807, 2.05) is 21.1 Å². The van der Waals surface area contributed by atoms with Gasteiger partial charge >= 0.3 is 11.9 Å². The second-order valence-electron chi connectivity index (χ2n) is 15.0. The fourth-order valence-corrected chi connectivity index (χ4v) is 6.16. The standard InChI is InChI=1S/C42H78NO8P/c1-6-8-10-12-14-16-18-20-21-23-24-26-28-30-32-34-41(44)48-38-40(39-50-52(46,47)49-37-36-43(3,4)5)51-42(45)35-33-31-29-27-25-22-19-17-15-13-11-9-7-2/h9,11,15,17,22,25,40H,6-8,10,12-14,16,18-21,23-24,26-39H2,1-5H3/b11-9-,17-15-,25-22-. The van der Waals surface area contributed by atoms with Crippen LogP contribution in [-0.2, 0) is 32.7 Å². The topological polar surface area (TPSA) is 111 Å². The molecule has 0 amide bonds. The fraction of sp³-hybridized carbons (Fsp3) is 0.810. The highest BCUT2D eigenvalue weighted by molar-refractivity contribution is 7.45. The Kier molecular flexibility index (Phi) is 33.8. The van der Waals surface area contributed by atoms with E-state index in [0.717, 1.165) is 57.8 Å². The molecule has 0 fully saturated rings. The lowest BCUT2D eigenvalue weighted by Crippen LogP contribution is -2.37. The molecule has 0 aliphatic carbocycles. The van der Waals surface area contributed by atoms with Crippen LogP contribution in [0.15, 0.2) is 36.5 Å². The van der Waals surface area contributed by atoms with Crippen LogP contribution in [0.25, 0.3) is 0 Å². The maximum atomic E-state index is 12.6. The summed E-state index contributed by atoms with van der Waals surface area (Å²) in [5.41, 5.74) is 0. The van der Waals surface area contributed by atoms with Crippen LogP contribution in [0, 0.1) is 0 Å². The van der Waals surface area contributed by atoms with Crippen molar-refractivity contribution in [3.63, 3.8) is 0 Å². The average Bonchev–Trinajstić information content (AvgIpc) is 3.09. The number of likely N-dealkylation sites (N-methyl/N-ethyl adjacent to an activating group) is 1. The number of carbonyl (C=O) groups excluding carboxylic acids is 2. The van der Waals surface area contributed by atoms with Gasteiger partial charge in [0, 0.05) is 12.8 Å². The van der Waals surface area contributed by atoms with Gasteiger partial charge in [-0.05, 0) is 44.9 Å². The second-order valence-corrected chi connectivity index (χ2v) is 16.4. The molecule has 10 heteroatoms. The van der Waals surface area contributed by atoms with Gasteiger partial charge in [0.1, 0.15) is 19.8 Å². The van der Waals surface area contributed by atoms with Crippen molar-refractivity contribution in [1.82, 2.24) is 0 Å². The zero-order chi connectivity index (χ0) is 38.6. The molecule has 0 saturated carbocycles. The lowest BCUT2D eigenvalue weighted by Gasteiger charge is -2.28. The van der Waals surface area contributed by atoms with Gasteiger partial charge in [0.15, 0.2) is 6.10 Å². The number of quaternary nitrogens is 1. The van der Waals surface area contributed by atoms with E-state index in [1.165, 1.54) is 77.0 Å². The Morgan fingerprint density at radius 3 is 1.63 bits per heavy atom. The summed E-state index contributed by atoms with van der Waals surface area (Å²) < 4.78 is 33.8. The van der Waals surface area contributed by atoms with Gasteiger partial charge in [-0.15, -0.1) is 0 Å². The highest BCUT2D eigenvalue weighted by atomic mass is 31.2. The van der Waals surface area contributed by atoms with Gasteiger partial charge in [-0.1, -0.05) is 147 Å². The number of ether oxygens (including phenoxy) is 2. The van der Waals surface area contributed by atoms with Crippen molar-refractivity contribution in [2.45, 2.75) is 174 Å². The van der Waals surface area contributed by atoms with E-state index in [2.05, 4.69) is 50.3 Å². The third-order valence-corrected chi connectivity index (χ3v) is 9.64. The van der Waals surface area contributed by atoms with Crippen LogP contribution >= 0.6 is 7.82 Å². The second kappa shape index (κ2) is 35.0. The SMILES string of the molecule is CC/C=C\C/C=C\C/C=C\CCCCCC(=O)OC(COC(=O)CCCCCCCCCCCCCCCCC)COP(=O)([O-])OCC[N+](C)(C)C. The summed E-state index contributed by atoms with van der Waals surface area (Å²) in [6, 6.07) is 0. The van der Waals surface area contributed by atoms with Crippen LogP contribution in [-0.4, -0.2) is 70.0 Å². The molecule has 0 heterocycles. The molecule has 0 aliphatic heterocycles. The van der Waals surface area contributed by atoms with E-state index in [-0.39, 0.29) is 26.1 Å². The van der Waals surface area contributed by atoms with Crippen molar-refractivity contribution < 1.29 is 42.1 Å². The molecule has 0 spiro atoms.